The van der Waals surface area contributed by atoms with Crippen molar-refractivity contribution < 1.29 is 30.6 Å². The number of nitrogens with zero attached hydrogens (tertiary/aromatic N) is 3. The van der Waals surface area contributed by atoms with Gasteiger partial charge in [-0.2, -0.15) is 0 Å². The van der Waals surface area contributed by atoms with Crippen LogP contribution >= 0.6 is 0 Å². The van der Waals surface area contributed by atoms with Crippen LogP contribution in [0.15, 0.2) is 168 Å². The number of phenolic OH excluding ortho intramolecular Hbond substituents is 1. The van der Waals surface area contributed by atoms with Crippen LogP contribution in [0.5, 0.6) is 5.75 Å². The topological polar surface area (TPSA) is 64.1 Å². The van der Waals surface area contributed by atoms with Gasteiger partial charge in [0.25, 0.3) is 0 Å². The van der Waals surface area contributed by atoms with Crippen LogP contribution in [0.25, 0.3) is 106 Å². The Kier molecular flexibility index (Phi) is 11.6. The molecule has 0 amide bonds. The van der Waals surface area contributed by atoms with Crippen LogP contribution in [0.3, 0.4) is 0 Å². The molecule has 0 spiro atoms. The number of aromatic hydroxyl groups is 1. The van der Waals surface area contributed by atoms with Gasteiger partial charge in [-0.1, -0.05) is 192 Å². The van der Waals surface area contributed by atoms with E-state index in [1.54, 1.807) is 6.07 Å². The van der Waals surface area contributed by atoms with Gasteiger partial charge in [-0.25, -0.2) is 9.97 Å². The Hall–Kier alpha value is -7.33. The van der Waals surface area contributed by atoms with Gasteiger partial charge in [-0.3, -0.25) is 4.57 Å². The summed E-state index contributed by atoms with van der Waals surface area (Å²) in [4.78, 5) is 11.1. The molecule has 0 aliphatic heterocycles. The summed E-state index contributed by atoms with van der Waals surface area (Å²) in [6.45, 7) is 18.0. The summed E-state index contributed by atoms with van der Waals surface area (Å²) in [6, 6.07) is 62.4. The molecule has 0 saturated carbocycles. The molecule has 0 unspecified atom stereocenters. The Labute approximate surface area is 436 Å². The molecular weight excluding hydrogens is 1060 g/mol. The molecule has 5 nitrogen and oxygen atoms in total. The predicted molar refractivity (Wildman–Crippen MR) is 294 cm³/mol. The molecule has 8 aromatic carbocycles. The van der Waals surface area contributed by atoms with E-state index in [0.717, 1.165) is 141 Å². The van der Waals surface area contributed by atoms with E-state index in [9.17, 15) is 5.11 Å². The van der Waals surface area contributed by atoms with Gasteiger partial charge in [-0.05, 0) is 128 Å². The van der Waals surface area contributed by atoms with Crippen LogP contribution in [0.1, 0.15) is 74.9 Å². The second-order valence-electron chi connectivity index (χ2n) is 21.5. The normalized spacial score (nSPS) is 12.6. The molecule has 0 saturated heterocycles. The second-order valence-corrected chi connectivity index (χ2v) is 21.5. The zero-order valence-corrected chi connectivity index (χ0v) is 44.3. The monoisotopic (exact) mass is 1120 g/mol. The fourth-order valence-corrected chi connectivity index (χ4v) is 11.0. The van der Waals surface area contributed by atoms with Crippen molar-refractivity contribution in [3.63, 3.8) is 0 Å². The standard InChI is InChI=1S/C66H56N3O2.Pt/c1-39-17-11-18-40(2)63(39)69-54-28-16-27-50(62(54)68-64(69)53-34-33-42-32-31-41-19-14-29-55(70)58(41)61(42)67-53)45-37-52(60-51-24-9-10-30-56(51)71-57(60)38-45)59-48(43-20-12-22-46(35-43)65(3,4)5)25-15-26-49(59)44-21-13-23-47(36-44)66(6,7)8;/h9-30,33-36,38,70H,31-32H2,1-8H3;/q-1;. The minimum atomic E-state index is -0.0481. The van der Waals surface area contributed by atoms with Crippen molar-refractivity contribution in [1.82, 2.24) is 14.5 Å². The van der Waals surface area contributed by atoms with Crippen LogP contribution in [0, 0.1) is 19.9 Å². The number of fused-ring (bicyclic) bond motifs is 7. The number of phenols is 1. The maximum atomic E-state index is 11.3. The third-order valence-corrected chi connectivity index (χ3v) is 14.7. The van der Waals surface area contributed by atoms with Gasteiger partial charge in [0.15, 0.2) is 5.82 Å². The van der Waals surface area contributed by atoms with E-state index in [4.69, 9.17) is 14.4 Å². The maximum Gasteiger partial charge on any atom is 0.163 e. The van der Waals surface area contributed by atoms with Gasteiger partial charge in [-0.15, -0.1) is 17.2 Å². The second kappa shape index (κ2) is 17.8. The largest absolute Gasteiger partial charge is 0.507 e. The predicted octanol–water partition coefficient (Wildman–Crippen LogP) is 17.1. The van der Waals surface area contributed by atoms with Crippen molar-refractivity contribution in [2.24, 2.45) is 0 Å². The van der Waals surface area contributed by atoms with Crippen molar-refractivity contribution in [2.75, 3.05) is 0 Å². The van der Waals surface area contributed by atoms with Crippen LogP contribution < -0.4 is 0 Å². The van der Waals surface area contributed by atoms with E-state index >= 15 is 0 Å². The zero-order chi connectivity index (χ0) is 48.9. The van der Waals surface area contributed by atoms with Crippen molar-refractivity contribution >= 4 is 33.0 Å². The summed E-state index contributed by atoms with van der Waals surface area (Å²) in [5.74, 6) is 0.977. The van der Waals surface area contributed by atoms with E-state index in [1.165, 1.54) is 11.1 Å². The van der Waals surface area contributed by atoms with E-state index in [0.29, 0.717) is 0 Å². The number of aryl methyl sites for hydroxylation is 4. The summed E-state index contributed by atoms with van der Waals surface area (Å²) in [7, 11) is 0. The first-order chi connectivity index (χ1) is 34.2. The molecule has 72 heavy (non-hydrogen) atoms. The summed E-state index contributed by atoms with van der Waals surface area (Å²) in [5.41, 5.74) is 22.2. The van der Waals surface area contributed by atoms with Gasteiger partial charge in [0.1, 0.15) is 17.0 Å². The number of imidazole rings is 1. The number of pyridine rings is 1. The van der Waals surface area contributed by atoms with Gasteiger partial charge in [0.2, 0.25) is 0 Å². The molecule has 12 rings (SSSR count). The Morgan fingerprint density at radius 2 is 1.18 bits per heavy atom. The zero-order valence-electron chi connectivity index (χ0n) is 42.0. The van der Waals surface area contributed by atoms with Crippen molar-refractivity contribution in [3.05, 3.63) is 203 Å². The van der Waals surface area contributed by atoms with Crippen LogP contribution in [-0.2, 0) is 44.7 Å². The number of aromatic nitrogens is 3. The first-order valence-corrected chi connectivity index (χ1v) is 24.8. The van der Waals surface area contributed by atoms with E-state index in [-0.39, 0.29) is 37.6 Å². The molecule has 11 aromatic rings. The number of hydrogen-bond donors (Lipinski definition) is 1. The summed E-state index contributed by atoms with van der Waals surface area (Å²) < 4.78 is 9.20. The van der Waals surface area contributed by atoms with Crippen molar-refractivity contribution in [1.29, 1.82) is 0 Å². The fraction of sp³-hybridized carbons (Fsp3) is 0.182. The van der Waals surface area contributed by atoms with E-state index in [1.807, 2.05) is 12.1 Å². The first kappa shape index (κ1) is 47.0. The SMILES string of the molecule is Cc1cccc(C)c1-n1c(-c2ccc3c(n2)-c2c(O)cccc2CC3)nc2c(-c3[c-]c(-c4c(-c5cccc(C(C)(C)C)c5)cccc4-c4cccc(C(C)(C)C)c4)c4c(c3)oc3ccccc34)cccc21.[Pt]. The average Bonchev–Trinajstić information content (AvgIpc) is 3.94. The van der Waals surface area contributed by atoms with Crippen LogP contribution in [-0.4, -0.2) is 19.6 Å². The van der Waals surface area contributed by atoms with Gasteiger partial charge in [0.05, 0.1) is 28.0 Å². The third-order valence-electron chi connectivity index (χ3n) is 14.7. The number of para-hydroxylation sites is 3. The minimum Gasteiger partial charge on any atom is -0.507 e. The minimum absolute atomic E-state index is 0. The molecule has 1 aliphatic rings. The van der Waals surface area contributed by atoms with Gasteiger partial charge < -0.3 is 9.52 Å². The summed E-state index contributed by atoms with van der Waals surface area (Å²) >= 11 is 0. The molecule has 3 heterocycles. The van der Waals surface area contributed by atoms with E-state index in [2.05, 4.69) is 212 Å². The average molecular weight is 1120 g/mol. The molecular formula is C66H56N3O2Pt-. The Bertz CT molecular complexity index is 3860. The number of rotatable bonds is 6. The molecule has 0 atom stereocenters. The Balaban J connectivity index is 0.00000560. The van der Waals surface area contributed by atoms with Crippen LogP contribution in [0.2, 0.25) is 0 Å². The van der Waals surface area contributed by atoms with Crippen molar-refractivity contribution in [2.45, 2.75) is 79.1 Å². The quantitative estimate of drug-likeness (QED) is 0.169. The Morgan fingerprint density at radius 1 is 0.569 bits per heavy atom. The molecule has 0 fully saturated rings. The smallest absolute Gasteiger partial charge is 0.163 e. The molecule has 0 radical (unpaired) electrons. The molecule has 1 N–H and O–H groups in total. The molecule has 358 valence electrons. The summed E-state index contributed by atoms with van der Waals surface area (Å²) in [5, 5.41) is 13.3. The Morgan fingerprint density at radius 3 is 1.88 bits per heavy atom. The number of furan rings is 1. The summed E-state index contributed by atoms with van der Waals surface area (Å²) in [6.07, 6.45) is 1.71. The number of benzene rings is 8. The van der Waals surface area contributed by atoms with Gasteiger partial charge >= 0.3 is 0 Å². The molecule has 1 aliphatic carbocycles. The molecule has 0 bridgehead atoms. The van der Waals surface area contributed by atoms with Crippen LogP contribution in [0.4, 0.5) is 0 Å². The first-order valence-electron chi connectivity index (χ1n) is 24.8. The van der Waals surface area contributed by atoms with Gasteiger partial charge in [0, 0.05) is 26.6 Å². The van der Waals surface area contributed by atoms with E-state index < -0.39 is 0 Å². The fourth-order valence-electron chi connectivity index (χ4n) is 11.0. The third kappa shape index (κ3) is 7.90. The van der Waals surface area contributed by atoms with Crippen molar-refractivity contribution in [3.8, 4) is 78.7 Å². The maximum absolute atomic E-state index is 11.3. The molecule has 3 aromatic heterocycles. The number of hydrogen-bond acceptors (Lipinski definition) is 4. The molecule has 6 heteroatoms.